The van der Waals surface area contributed by atoms with Gasteiger partial charge in [0.15, 0.2) is 0 Å². The van der Waals surface area contributed by atoms with Crippen LogP contribution in [0.1, 0.15) is 12.5 Å². The maximum absolute atomic E-state index is 8.71. The molecule has 0 N–H and O–H groups in total. The minimum atomic E-state index is 0.547. The molecule has 1 aliphatic heterocycles. The molecule has 2 heterocycles. The van der Waals surface area contributed by atoms with Crippen molar-refractivity contribution in [2.24, 2.45) is 0 Å². The summed E-state index contributed by atoms with van der Waals surface area (Å²) in [5.41, 5.74) is 0.617. The normalized spacial score (nSPS) is 21.8. The van der Waals surface area contributed by atoms with Gasteiger partial charge in [0, 0.05) is 31.9 Å². The van der Waals surface area contributed by atoms with Gasteiger partial charge in [-0.2, -0.15) is 5.26 Å². The van der Waals surface area contributed by atoms with Gasteiger partial charge in [0.25, 0.3) is 0 Å². The largest absolute Gasteiger partial charge is 0.354 e. The molecule has 4 heteroatoms. The van der Waals surface area contributed by atoms with Gasteiger partial charge in [-0.3, -0.25) is 0 Å². The topological polar surface area (TPSA) is 43.2 Å². The minimum Gasteiger partial charge on any atom is -0.354 e. The van der Waals surface area contributed by atoms with Crippen molar-refractivity contribution in [1.82, 2.24) is 9.88 Å². The van der Waals surface area contributed by atoms with Crippen LogP contribution in [0.25, 0.3) is 0 Å². The maximum Gasteiger partial charge on any atom is 0.128 e. The van der Waals surface area contributed by atoms with E-state index in [1.165, 1.54) is 0 Å². The second kappa shape index (κ2) is 4.50. The van der Waals surface area contributed by atoms with Crippen LogP contribution in [0.15, 0.2) is 18.3 Å². The van der Waals surface area contributed by atoms with Crippen LogP contribution in [0.4, 0.5) is 5.82 Å². The van der Waals surface area contributed by atoms with E-state index in [0.29, 0.717) is 11.6 Å². The molecule has 0 amide bonds. The van der Waals surface area contributed by atoms with E-state index in [1.807, 2.05) is 12.1 Å². The van der Waals surface area contributed by atoms with E-state index < -0.39 is 0 Å². The van der Waals surface area contributed by atoms with Crippen LogP contribution in [-0.2, 0) is 0 Å². The third kappa shape index (κ3) is 2.15. The Kier molecular flexibility index (Phi) is 3.07. The summed E-state index contributed by atoms with van der Waals surface area (Å²) in [6, 6.07) is 6.38. The van der Waals surface area contributed by atoms with Gasteiger partial charge in [-0.25, -0.2) is 4.98 Å². The molecule has 16 heavy (non-hydrogen) atoms. The monoisotopic (exact) mass is 216 g/mol. The lowest BCUT2D eigenvalue weighted by Crippen LogP contribution is -2.50. The van der Waals surface area contributed by atoms with Crippen molar-refractivity contribution in [3.63, 3.8) is 0 Å². The molecule has 0 aromatic carbocycles. The summed E-state index contributed by atoms with van der Waals surface area (Å²) in [7, 11) is 2.15. The maximum atomic E-state index is 8.71. The molecule has 1 aromatic rings. The van der Waals surface area contributed by atoms with Gasteiger partial charge in [0.2, 0.25) is 0 Å². The number of nitriles is 1. The summed E-state index contributed by atoms with van der Waals surface area (Å²) in [4.78, 5) is 8.93. The molecule has 1 fully saturated rings. The van der Waals surface area contributed by atoms with E-state index in [-0.39, 0.29) is 0 Å². The van der Waals surface area contributed by atoms with E-state index in [2.05, 4.69) is 34.8 Å². The highest BCUT2D eigenvalue weighted by Crippen LogP contribution is 2.15. The number of piperazine rings is 1. The Hall–Kier alpha value is -1.60. The number of likely N-dealkylation sites (N-methyl/N-ethyl adjacent to an activating group) is 1. The zero-order valence-corrected chi connectivity index (χ0v) is 9.72. The average molecular weight is 216 g/mol. The molecule has 4 nitrogen and oxygen atoms in total. The van der Waals surface area contributed by atoms with E-state index in [4.69, 9.17) is 5.26 Å². The van der Waals surface area contributed by atoms with Gasteiger partial charge >= 0.3 is 0 Å². The third-order valence-corrected chi connectivity index (χ3v) is 3.16. The fourth-order valence-corrected chi connectivity index (χ4v) is 1.90. The van der Waals surface area contributed by atoms with Crippen molar-refractivity contribution in [2.45, 2.75) is 13.0 Å². The Morgan fingerprint density at radius 2 is 2.25 bits per heavy atom. The number of anilines is 1. The summed E-state index contributed by atoms with van der Waals surface area (Å²) in [6.07, 6.45) is 1.64. The van der Waals surface area contributed by atoms with Gasteiger partial charge in [0.1, 0.15) is 11.9 Å². The molecule has 0 saturated carbocycles. The second-order valence-corrected chi connectivity index (χ2v) is 4.29. The fraction of sp³-hybridized carbons (Fsp3) is 0.500. The highest BCUT2D eigenvalue weighted by molar-refractivity contribution is 5.42. The number of aromatic nitrogens is 1. The van der Waals surface area contributed by atoms with Gasteiger partial charge in [-0.15, -0.1) is 0 Å². The van der Waals surface area contributed by atoms with Gasteiger partial charge < -0.3 is 9.80 Å². The second-order valence-electron chi connectivity index (χ2n) is 4.29. The van der Waals surface area contributed by atoms with E-state index >= 15 is 0 Å². The lowest BCUT2D eigenvalue weighted by Gasteiger charge is -2.38. The molecule has 0 radical (unpaired) electrons. The van der Waals surface area contributed by atoms with Crippen molar-refractivity contribution in [3.05, 3.63) is 23.9 Å². The van der Waals surface area contributed by atoms with E-state index in [9.17, 15) is 0 Å². The van der Waals surface area contributed by atoms with Crippen molar-refractivity contribution in [1.29, 1.82) is 5.26 Å². The number of hydrogen-bond acceptors (Lipinski definition) is 4. The first-order valence-corrected chi connectivity index (χ1v) is 5.52. The highest BCUT2D eigenvalue weighted by Gasteiger charge is 2.21. The molecular weight excluding hydrogens is 200 g/mol. The molecule has 84 valence electrons. The van der Waals surface area contributed by atoms with Crippen LogP contribution >= 0.6 is 0 Å². The predicted octanol–water partition coefficient (Wildman–Crippen LogP) is 1.09. The molecule has 1 aromatic heterocycles. The molecule has 0 bridgehead atoms. The summed E-state index contributed by atoms with van der Waals surface area (Å²) in [5.74, 6) is 0.971. The van der Waals surface area contributed by atoms with E-state index in [0.717, 1.165) is 25.5 Å². The van der Waals surface area contributed by atoms with Crippen LogP contribution in [0, 0.1) is 11.3 Å². The average Bonchev–Trinajstić information content (AvgIpc) is 2.33. The SMILES string of the molecule is CC1CN(c2ccc(C#N)cn2)CCN1C. The van der Waals surface area contributed by atoms with Crippen molar-refractivity contribution >= 4 is 5.82 Å². The van der Waals surface area contributed by atoms with Crippen LogP contribution in [0.2, 0.25) is 0 Å². The molecule has 0 aliphatic carbocycles. The number of rotatable bonds is 1. The van der Waals surface area contributed by atoms with Crippen molar-refractivity contribution in [3.8, 4) is 6.07 Å². The highest BCUT2D eigenvalue weighted by atomic mass is 15.3. The molecule has 2 rings (SSSR count). The summed E-state index contributed by atoms with van der Waals surface area (Å²) >= 11 is 0. The Morgan fingerprint density at radius 3 is 2.81 bits per heavy atom. The smallest absolute Gasteiger partial charge is 0.128 e. The lowest BCUT2D eigenvalue weighted by atomic mass is 10.2. The zero-order chi connectivity index (χ0) is 11.5. The third-order valence-electron chi connectivity index (χ3n) is 3.16. The first kappa shape index (κ1) is 10.9. The zero-order valence-electron chi connectivity index (χ0n) is 9.72. The van der Waals surface area contributed by atoms with Crippen LogP contribution in [0.3, 0.4) is 0 Å². The number of nitrogens with zero attached hydrogens (tertiary/aromatic N) is 4. The summed E-state index contributed by atoms with van der Waals surface area (Å²) < 4.78 is 0. The molecule has 1 saturated heterocycles. The molecule has 1 atom stereocenters. The Bertz CT molecular complexity index is 392. The Morgan fingerprint density at radius 1 is 1.44 bits per heavy atom. The summed E-state index contributed by atoms with van der Waals surface area (Å²) in [6.45, 7) is 5.27. The molecular formula is C12H16N4. The lowest BCUT2D eigenvalue weighted by molar-refractivity contribution is 0.233. The van der Waals surface area contributed by atoms with Crippen molar-refractivity contribution in [2.75, 3.05) is 31.6 Å². The molecule has 1 unspecified atom stereocenters. The Balaban J connectivity index is 2.10. The minimum absolute atomic E-state index is 0.547. The van der Waals surface area contributed by atoms with Gasteiger partial charge in [-0.1, -0.05) is 0 Å². The first-order chi connectivity index (χ1) is 7.70. The fourth-order valence-electron chi connectivity index (χ4n) is 1.90. The predicted molar refractivity (Wildman–Crippen MR) is 63.3 cm³/mol. The van der Waals surface area contributed by atoms with Gasteiger partial charge in [-0.05, 0) is 26.1 Å². The van der Waals surface area contributed by atoms with Crippen LogP contribution in [-0.4, -0.2) is 42.6 Å². The van der Waals surface area contributed by atoms with E-state index in [1.54, 1.807) is 6.20 Å². The Labute approximate surface area is 96.1 Å². The van der Waals surface area contributed by atoms with Gasteiger partial charge in [0.05, 0.1) is 5.56 Å². The standard InChI is InChI=1S/C12H16N4/c1-10-9-16(6-5-15(10)2)12-4-3-11(7-13)8-14-12/h3-4,8,10H,5-6,9H2,1-2H3. The number of pyridine rings is 1. The molecule has 1 aliphatic rings. The number of hydrogen-bond donors (Lipinski definition) is 0. The quantitative estimate of drug-likeness (QED) is 0.705. The van der Waals surface area contributed by atoms with Crippen LogP contribution < -0.4 is 4.90 Å². The summed E-state index contributed by atoms with van der Waals surface area (Å²) in [5, 5.41) is 8.71. The molecule has 0 spiro atoms. The van der Waals surface area contributed by atoms with Crippen LogP contribution in [0.5, 0.6) is 0 Å². The van der Waals surface area contributed by atoms with Crippen molar-refractivity contribution < 1.29 is 0 Å². The first-order valence-electron chi connectivity index (χ1n) is 5.52.